The number of aromatic nitrogens is 2. The molecule has 0 radical (unpaired) electrons. The maximum Gasteiger partial charge on any atom is 0.294 e. The summed E-state index contributed by atoms with van der Waals surface area (Å²) in [6, 6.07) is 8.95. The van der Waals surface area contributed by atoms with Crippen molar-refractivity contribution in [1.29, 1.82) is 0 Å². The van der Waals surface area contributed by atoms with Crippen LogP contribution in [0.25, 0.3) is 5.69 Å². The topological polar surface area (TPSA) is 125 Å². The summed E-state index contributed by atoms with van der Waals surface area (Å²) in [7, 11) is 0. The average Bonchev–Trinajstić information content (AvgIpc) is 3.40. The van der Waals surface area contributed by atoms with Crippen LogP contribution in [0.5, 0.6) is 5.75 Å². The number of amides is 3. The van der Waals surface area contributed by atoms with E-state index < -0.39 is 11.8 Å². The summed E-state index contributed by atoms with van der Waals surface area (Å²) in [4.78, 5) is 35.1. The lowest BCUT2D eigenvalue weighted by molar-refractivity contribution is -0.127. The number of hydrazine groups is 1. The molecule has 3 rings (SSSR count). The Kier molecular flexibility index (Phi) is 4.64. The number of carbonyl (C=O) groups excluding carboxylic acids is 3. The van der Waals surface area contributed by atoms with Gasteiger partial charge in [0.05, 0.1) is 18.4 Å². The molecule has 0 spiro atoms. The third kappa shape index (κ3) is 4.14. The van der Waals surface area contributed by atoms with Crippen molar-refractivity contribution >= 4 is 17.7 Å². The summed E-state index contributed by atoms with van der Waals surface area (Å²) >= 11 is 0. The quantitative estimate of drug-likeness (QED) is 0.563. The molecule has 130 valence electrons. The summed E-state index contributed by atoms with van der Waals surface area (Å²) in [5, 5.41) is 16.3. The fraction of sp³-hybridized carbons (Fsp3) is 0.250. The van der Waals surface area contributed by atoms with Gasteiger partial charge in [-0.1, -0.05) is 18.2 Å². The first-order valence-corrected chi connectivity index (χ1v) is 7.75. The molecule has 3 amide bonds. The lowest BCUT2D eigenvalue weighted by Gasteiger charge is -2.07. The molecule has 1 heterocycles. The molecule has 4 N–H and O–H groups in total. The summed E-state index contributed by atoms with van der Waals surface area (Å²) < 4.78 is 1.35. The van der Waals surface area contributed by atoms with E-state index in [1.54, 1.807) is 24.3 Å². The number of hydrogen-bond donors (Lipinski definition) is 4. The summed E-state index contributed by atoms with van der Waals surface area (Å²) in [5.41, 5.74) is 4.75. The van der Waals surface area contributed by atoms with Crippen LogP contribution < -0.4 is 16.2 Å². The monoisotopic (exact) mass is 343 g/mol. The van der Waals surface area contributed by atoms with E-state index in [1.165, 1.54) is 10.9 Å². The van der Waals surface area contributed by atoms with E-state index in [0.717, 1.165) is 12.8 Å². The molecular formula is C16H17N5O4. The van der Waals surface area contributed by atoms with E-state index in [0.29, 0.717) is 5.69 Å². The first-order chi connectivity index (χ1) is 12.0. The average molecular weight is 343 g/mol. The number of para-hydroxylation sites is 1. The van der Waals surface area contributed by atoms with Crippen LogP contribution in [0, 0.1) is 5.92 Å². The molecule has 1 aliphatic carbocycles. The molecule has 1 aliphatic rings. The molecule has 0 bridgehead atoms. The Morgan fingerprint density at radius 3 is 2.56 bits per heavy atom. The standard InChI is InChI=1S/C16H17N5O4/c22-12-9-21(11-4-2-1-3-5-11)20-14(12)16(25)19-18-13(23)8-17-15(24)10-6-7-10/h1-5,9-10,22H,6-8H2,(H,17,24)(H,18,23)(H,19,25). The van der Waals surface area contributed by atoms with Crippen LogP contribution in [-0.4, -0.2) is 39.2 Å². The molecule has 25 heavy (non-hydrogen) atoms. The van der Waals surface area contributed by atoms with Crippen LogP contribution in [0.15, 0.2) is 36.5 Å². The van der Waals surface area contributed by atoms with Gasteiger partial charge >= 0.3 is 0 Å². The van der Waals surface area contributed by atoms with Crippen molar-refractivity contribution in [3.63, 3.8) is 0 Å². The molecular weight excluding hydrogens is 326 g/mol. The molecule has 9 heteroatoms. The van der Waals surface area contributed by atoms with Crippen molar-refractivity contribution in [2.45, 2.75) is 12.8 Å². The minimum absolute atomic E-state index is 0.00119. The fourth-order valence-corrected chi connectivity index (χ4v) is 2.13. The maximum atomic E-state index is 12.0. The highest BCUT2D eigenvalue weighted by molar-refractivity contribution is 5.96. The second-order valence-corrected chi connectivity index (χ2v) is 5.64. The number of hydrogen-bond acceptors (Lipinski definition) is 5. The van der Waals surface area contributed by atoms with Gasteiger partial charge in [0.2, 0.25) is 5.91 Å². The first-order valence-electron chi connectivity index (χ1n) is 7.75. The Morgan fingerprint density at radius 1 is 1.16 bits per heavy atom. The molecule has 1 aromatic heterocycles. The molecule has 1 fully saturated rings. The van der Waals surface area contributed by atoms with Gasteiger partial charge in [0.1, 0.15) is 0 Å². The fourth-order valence-electron chi connectivity index (χ4n) is 2.13. The van der Waals surface area contributed by atoms with Crippen molar-refractivity contribution in [1.82, 2.24) is 25.9 Å². The summed E-state index contributed by atoms with van der Waals surface area (Å²) in [6.45, 7) is -0.236. The smallest absolute Gasteiger partial charge is 0.294 e. The van der Waals surface area contributed by atoms with E-state index in [9.17, 15) is 19.5 Å². The predicted molar refractivity (Wildman–Crippen MR) is 86.6 cm³/mol. The van der Waals surface area contributed by atoms with Gasteiger partial charge in [0.15, 0.2) is 11.4 Å². The van der Waals surface area contributed by atoms with Gasteiger partial charge in [-0.3, -0.25) is 25.2 Å². The van der Waals surface area contributed by atoms with E-state index in [2.05, 4.69) is 21.3 Å². The molecule has 0 saturated heterocycles. The maximum absolute atomic E-state index is 12.0. The Hall–Kier alpha value is -3.36. The normalized spacial score (nSPS) is 13.1. The molecule has 1 aromatic carbocycles. The van der Waals surface area contributed by atoms with E-state index in [-0.39, 0.29) is 29.8 Å². The van der Waals surface area contributed by atoms with Gasteiger partial charge in [-0.15, -0.1) is 0 Å². The number of nitrogens with zero attached hydrogens (tertiary/aromatic N) is 2. The third-order valence-electron chi connectivity index (χ3n) is 3.62. The molecule has 1 saturated carbocycles. The molecule has 2 aromatic rings. The molecule has 9 nitrogen and oxygen atoms in total. The van der Waals surface area contributed by atoms with E-state index in [1.807, 2.05) is 6.07 Å². The van der Waals surface area contributed by atoms with Gasteiger partial charge in [-0.2, -0.15) is 5.10 Å². The van der Waals surface area contributed by atoms with Gasteiger partial charge in [0, 0.05) is 5.92 Å². The third-order valence-corrected chi connectivity index (χ3v) is 3.62. The highest BCUT2D eigenvalue weighted by Gasteiger charge is 2.29. The summed E-state index contributed by atoms with van der Waals surface area (Å²) in [6.07, 6.45) is 2.98. The largest absolute Gasteiger partial charge is 0.504 e. The Balaban J connectivity index is 1.53. The van der Waals surface area contributed by atoms with Gasteiger partial charge in [0.25, 0.3) is 11.8 Å². The van der Waals surface area contributed by atoms with Gasteiger partial charge in [-0.05, 0) is 25.0 Å². The molecule has 0 aliphatic heterocycles. The lowest BCUT2D eigenvalue weighted by atomic mass is 10.3. The van der Waals surface area contributed by atoms with Crippen molar-refractivity contribution in [2.24, 2.45) is 5.92 Å². The SMILES string of the molecule is O=C(CNC(=O)C1CC1)NNC(=O)c1nn(-c2ccccc2)cc1O. The zero-order valence-electron chi connectivity index (χ0n) is 13.2. The second-order valence-electron chi connectivity index (χ2n) is 5.64. The zero-order chi connectivity index (χ0) is 17.8. The highest BCUT2D eigenvalue weighted by Crippen LogP contribution is 2.28. The minimum atomic E-state index is -0.769. The van der Waals surface area contributed by atoms with Crippen LogP contribution in [-0.2, 0) is 9.59 Å². The minimum Gasteiger partial charge on any atom is -0.504 e. The number of aromatic hydroxyl groups is 1. The van der Waals surface area contributed by atoms with Crippen molar-refractivity contribution in [2.75, 3.05) is 6.54 Å². The molecule has 0 unspecified atom stereocenters. The highest BCUT2D eigenvalue weighted by atomic mass is 16.3. The van der Waals surface area contributed by atoms with Crippen molar-refractivity contribution in [3.8, 4) is 11.4 Å². The Labute approximate surface area is 143 Å². The van der Waals surface area contributed by atoms with Crippen LogP contribution in [0.1, 0.15) is 23.3 Å². The number of benzene rings is 1. The number of carbonyl (C=O) groups is 3. The Morgan fingerprint density at radius 2 is 1.88 bits per heavy atom. The van der Waals surface area contributed by atoms with Gasteiger partial charge in [-0.25, -0.2) is 4.68 Å². The van der Waals surface area contributed by atoms with Crippen LogP contribution in [0.2, 0.25) is 0 Å². The van der Waals surface area contributed by atoms with E-state index >= 15 is 0 Å². The zero-order valence-corrected chi connectivity index (χ0v) is 13.2. The van der Waals surface area contributed by atoms with Crippen LogP contribution >= 0.6 is 0 Å². The molecule has 0 atom stereocenters. The van der Waals surface area contributed by atoms with Crippen LogP contribution in [0.3, 0.4) is 0 Å². The predicted octanol–water partition coefficient (Wildman–Crippen LogP) is -0.135. The van der Waals surface area contributed by atoms with Gasteiger partial charge < -0.3 is 10.4 Å². The van der Waals surface area contributed by atoms with Crippen molar-refractivity contribution in [3.05, 3.63) is 42.2 Å². The van der Waals surface area contributed by atoms with Crippen molar-refractivity contribution < 1.29 is 19.5 Å². The van der Waals surface area contributed by atoms with E-state index in [4.69, 9.17) is 0 Å². The Bertz CT molecular complexity index is 798. The second kappa shape index (κ2) is 7.04. The first kappa shape index (κ1) is 16.5. The van der Waals surface area contributed by atoms with Crippen LogP contribution in [0.4, 0.5) is 0 Å². The summed E-state index contributed by atoms with van der Waals surface area (Å²) in [5.74, 6) is -1.84. The lowest BCUT2D eigenvalue weighted by Crippen LogP contribution is -2.46. The number of rotatable bonds is 5. The number of nitrogens with one attached hydrogen (secondary N) is 3.